The van der Waals surface area contributed by atoms with Gasteiger partial charge in [-0.1, -0.05) is 210 Å². The van der Waals surface area contributed by atoms with E-state index in [0.29, 0.717) is 12.8 Å². The first kappa shape index (κ1) is 59.3. The highest BCUT2D eigenvalue weighted by Gasteiger charge is 2.15. The Morgan fingerprint density at radius 1 is 0.359 bits per heavy atom. The third-order valence-corrected chi connectivity index (χ3v) is 9.52. The maximum absolute atomic E-state index is 12.3. The molecule has 0 saturated carbocycles. The van der Waals surface area contributed by atoms with E-state index < -0.39 is 6.10 Å². The van der Waals surface area contributed by atoms with Crippen molar-refractivity contribution >= 4 is 11.9 Å². The molecule has 0 aliphatic heterocycles. The van der Waals surface area contributed by atoms with Crippen molar-refractivity contribution in [1.82, 2.24) is 0 Å². The highest BCUT2D eigenvalue weighted by Crippen LogP contribution is 2.11. The van der Waals surface area contributed by atoms with Crippen LogP contribution in [0.4, 0.5) is 0 Å². The molecule has 0 aliphatic rings. The first-order valence-corrected chi connectivity index (χ1v) is 24.7. The summed E-state index contributed by atoms with van der Waals surface area (Å²) in [7, 11) is 0. The van der Waals surface area contributed by atoms with Gasteiger partial charge in [-0.05, 0) is 116 Å². The quantitative estimate of drug-likeness (QED) is 0.0376. The summed E-state index contributed by atoms with van der Waals surface area (Å²) in [6.07, 6.45) is 83.0. The number of carbonyl (C=O) groups excluding carboxylic acids is 2. The summed E-state index contributed by atoms with van der Waals surface area (Å²) < 4.78 is 10.6. The number of allylic oxidation sites excluding steroid dienone is 28. The molecule has 0 rings (SSSR count). The summed E-state index contributed by atoms with van der Waals surface area (Å²) in [6, 6.07) is 0. The standard InChI is InChI=1S/C59H88O5/c1-3-5-7-9-11-13-15-17-19-21-23-24-25-26-27-28-29-30-31-32-33-34-36-38-40-42-44-46-48-50-52-54-59(62)64-57(55-60)56-63-58(61)53-51-49-47-45-43-41-39-37-35-22-20-18-16-14-12-10-8-6-4-2/h5-8,11-14,17-20,23-24,26-27,29-30,32-33,35-38,41,43,47,49,57,60H,3-4,9-10,15-16,21-22,25,28,31,34,39-40,42,44-46,48,50-56H2,1-2H3/b7-5-,8-6-,13-11-,14-12-,19-17-,20-18-,24-23-,27-26-,30-29-,33-32-,37-35-,38-36-,43-41-,49-47-. The maximum Gasteiger partial charge on any atom is 0.306 e. The number of aliphatic hydroxyl groups is 1. The molecular formula is C59H88O5. The Bertz CT molecular complexity index is 1500. The minimum Gasteiger partial charge on any atom is -0.462 e. The van der Waals surface area contributed by atoms with Gasteiger partial charge in [0.25, 0.3) is 0 Å². The highest BCUT2D eigenvalue weighted by atomic mass is 16.6. The van der Waals surface area contributed by atoms with Gasteiger partial charge >= 0.3 is 11.9 Å². The Morgan fingerprint density at radius 3 is 1.00 bits per heavy atom. The molecule has 354 valence electrons. The molecule has 64 heavy (non-hydrogen) atoms. The molecule has 5 heteroatoms. The second-order valence-corrected chi connectivity index (χ2v) is 15.4. The van der Waals surface area contributed by atoms with Crippen LogP contribution in [0.3, 0.4) is 0 Å². The van der Waals surface area contributed by atoms with Gasteiger partial charge in [0.2, 0.25) is 0 Å². The number of aliphatic hydroxyl groups excluding tert-OH is 1. The summed E-state index contributed by atoms with van der Waals surface area (Å²) in [5, 5.41) is 9.61. The molecule has 0 spiro atoms. The maximum atomic E-state index is 12.3. The molecule has 0 saturated heterocycles. The van der Waals surface area contributed by atoms with Gasteiger partial charge in [0.1, 0.15) is 6.61 Å². The van der Waals surface area contributed by atoms with Crippen molar-refractivity contribution in [3.8, 4) is 0 Å². The van der Waals surface area contributed by atoms with E-state index in [0.717, 1.165) is 122 Å². The molecule has 0 aromatic rings. The lowest BCUT2D eigenvalue weighted by atomic mass is 10.1. The fraction of sp³-hybridized carbons (Fsp3) is 0.492. The van der Waals surface area contributed by atoms with Crippen molar-refractivity contribution in [2.45, 2.75) is 174 Å². The normalized spacial score (nSPS) is 13.7. The smallest absolute Gasteiger partial charge is 0.306 e. The molecule has 0 aromatic carbocycles. The molecule has 0 amide bonds. The fourth-order valence-corrected chi connectivity index (χ4v) is 5.89. The molecule has 0 heterocycles. The van der Waals surface area contributed by atoms with Crippen molar-refractivity contribution in [2.75, 3.05) is 13.2 Å². The predicted molar refractivity (Wildman–Crippen MR) is 278 cm³/mol. The Kier molecular flexibility index (Phi) is 48.7. The first-order valence-electron chi connectivity index (χ1n) is 24.7. The number of rotatable bonds is 42. The minimum absolute atomic E-state index is 0.125. The second-order valence-electron chi connectivity index (χ2n) is 15.4. The number of carbonyl (C=O) groups is 2. The second kappa shape index (κ2) is 52.6. The molecule has 0 aromatic heterocycles. The number of hydrogen-bond acceptors (Lipinski definition) is 5. The van der Waals surface area contributed by atoms with Gasteiger partial charge in [-0.3, -0.25) is 9.59 Å². The van der Waals surface area contributed by atoms with Gasteiger partial charge in [0, 0.05) is 12.8 Å². The third kappa shape index (κ3) is 49.9. The van der Waals surface area contributed by atoms with Gasteiger partial charge in [-0.25, -0.2) is 0 Å². The summed E-state index contributed by atoms with van der Waals surface area (Å²) in [6.45, 7) is 3.81. The van der Waals surface area contributed by atoms with Crippen LogP contribution in [0.1, 0.15) is 168 Å². The zero-order valence-electron chi connectivity index (χ0n) is 40.2. The van der Waals surface area contributed by atoms with Crippen LogP contribution in [0.25, 0.3) is 0 Å². The largest absolute Gasteiger partial charge is 0.462 e. The van der Waals surface area contributed by atoms with Crippen LogP contribution >= 0.6 is 0 Å². The van der Waals surface area contributed by atoms with E-state index in [2.05, 4.69) is 172 Å². The molecule has 0 radical (unpaired) electrons. The van der Waals surface area contributed by atoms with Crippen LogP contribution in [-0.2, 0) is 19.1 Å². The SMILES string of the molecule is CC/C=C\C/C=C\C/C=C\C/C=C\C/C=C\C/C=C\C/C=C\C/C=C\CCCCCCCCC(=O)OC(CO)COC(=O)CC/C=C\C/C=C\C/C=C\C/C=C\C/C=C\C/C=C\CC. The summed E-state index contributed by atoms with van der Waals surface area (Å²) >= 11 is 0. The summed E-state index contributed by atoms with van der Waals surface area (Å²) in [4.78, 5) is 24.4. The monoisotopic (exact) mass is 877 g/mol. The highest BCUT2D eigenvalue weighted by molar-refractivity contribution is 5.70. The zero-order chi connectivity index (χ0) is 46.3. The Labute approximate surface area is 392 Å². The number of ether oxygens (including phenoxy) is 2. The van der Waals surface area contributed by atoms with Crippen LogP contribution in [0, 0.1) is 0 Å². The molecule has 0 fully saturated rings. The van der Waals surface area contributed by atoms with Crippen molar-refractivity contribution in [1.29, 1.82) is 0 Å². The van der Waals surface area contributed by atoms with E-state index >= 15 is 0 Å². The topological polar surface area (TPSA) is 72.8 Å². The fourth-order valence-electron chi connectivity index (χ4n) is 5.89. The average Bonchev–Trinajstić information content (AvgIpc) is 3.30. The van der Waals surface area contributed by atoms with E-state index in [9.17, 15) is 14.7 Å². The third-order valence-electron chi connectivity index (χ3n) is 9.52. The Hall–Kier alpha value is -4.74. The number of esters is 2. The zero-order valence-corrected chi connectivity index (χ0v) is 40.2. The van der Waals surface area contributed by atoms with Crippen molar-refractivity contribution in [3.05, 3.63) is 170 Å². The van der Waals surface area contributed by atoms with Crippen LogP contribution < -0.4 is 0 Å². The average molecular weight is 877 g/mol. The molecule has 1 atom stereocenters. The van der Waals surface area contributed by atoms with E-state index in [4.69, 9.17) is 9.47 Å². The van der Waals surface area contributed by atoms with Crippen molar-refractivity contribution in [3.63, 3.8) is 0 Å². The summed E-state index contributed by atoms with van der Waals surface area (Å²) in [5.41, 5.74) is 0. The van der Waals surface area contributed by atoms with Gasteiger partial charge in [0.05, 0.1) is 6.61 Å². The van der Waals surface area contributed by atoms with Crippen LogP contribution in [0.15, 0.2) is 170 Å². The lowest BCUT2D eigenvalue weighted by molar-refractivity contribution is -0.161. The predicted octanol–water partition coefficient (Wildman–Crippen LogP) is 16.6. The molecule has 0 bridgehead atoms. The molecule has 1 N–H and O–H groups in total. The van der Waals surface area contributed by atoms with E-state index in [-0.39, 0.29) is 31.6 Å². The molecule has 0 aliphatic carbocycles. The van der Waals surface area contributed by atoms with Crippen LogP contribution in [-0.4, -0.2) is 36.4 Å². The first-order chi connectivity index (χ1) is 31.6. The summed E-state index contributed by atoms with van der Waals surface area (Å²) in [5.74, 6) is -0.723. The van der Waals surface area contributed by atoms with Crippen molar-refractivity contribution in [2.24, 2.45) is 0 Å². The lowest BCUT2D eigenvalue weighted by Gasteiger charge is -2.15. The Morgan fingerprint density at radius 2 is 0.656 bits per heavy atom. The molecular weight excluding hydrogens is 789 g/mol. The lowest BCUT2D eigenvalue weighted by Crippen LogP contribution is -2.28. The Balaban J connectivity index is 3.74. The molecule has 5 nitrogen and oxygen atoms in total. The van der Waals surface area contributed by atoms with Gasteiger partial charge < -0.3 is 14.6 Å². The van der Waals surface area contributed by atoms with E-state index in [1.54, 1.807) is 0 Å². The van der Waals surface area contributed by atoms with Crippen LogP contribution in [0.2, 0.25) is 0 Å². The van der Waals surface area contributed by atoms with Crippen LogP contribution in [0.5, 0.6) is 0 Å². The van der Waals surface area contributed by atoms with Gasteiger partial charge in [-0.2, -0.15) is 0 Å². The number of hydrogen-bond donors (Lipinski definition) is 1. The van der Waals surface area contributed by atoms with Gasteiger partial charge in [-0.15, -0.1) is 0 Å². The number of unbranched alkanes of at least 4 members (excludes halogenated alkanes) is 6. The molecule has 1 unspecified atom stereocenters. The van der Waals surface area contributed by atoms with Gasteiger partial charge in [0.15, 0.2) is 6.10 Å². The van der Waals surface area contributed by atoms with E-state index in [1.807, 2.05) is 12.2 Å². The van der Waals surface area contributed by atoms with Crippen molar-refractivity contribution < 1.29 is 24.2 Å². The minimum atomic E-state index is -0.826. The van der Waals surface area contributed by atoms with E-state index in [1.165, 1.54) is 12.8 Å².